The number of allylic oxidation sites excluding steroid dienone is 1. The number of aromatic hydroxyl groups is 1. The smallest absolute Gasteiger partial charge is 0.126 e. The van der Waals surface area contributed by atoms with E-state index in [1.807, 2.05) is 52.8 Å². The van der Waals surface area contributed by atoms with Gasteiger partial charge in [-0.05, 0) is 75.6 Å². The van der Waals surface area contributed by atoms with E-state index in [0.717, 1.165) is 37.7 Å². The van der Waals surface area contributed by atoms with Gasteiger partial charge in [0.05, 0.1) is 0 Å². The second-order valence-electron chi connectivity index (χ2n) is 10.4. The first-order valence-corrected chi connectivity index (χ1v) is 14.8. The van der Waals surface area contributed by atoms with Crippen LogP contribution < -0.4 is 0 Å². The van der Waals surface area contributed by atoms with Crippen LogP contribution in [-0.4, -0.2) is 59.5 Å². The Balaban J connectivity index is 0.000000671. The second-order valence-corrected chi connectivity index (χ2v) is 10.4. The van der Waals surface area contributed by atoms with E-state index in [1.165, 1.54) is 61.3 Å². The van der Waals surface area contributed by atoms with Crippen LogP contribution in [0.3, 0.4) is 0 Å². The minimum absolute atomic E-state index is 0.402. The van der Waals surface area contributed by atoms with E-state index in [9.17, 15) is 5.11 Å². The number of phenols is 1. The van der Waals surface area contributed by atoms with Crippen molar-refractivity contribution in [1.82, 2.24) is 9.80 Å². The van der Waals surface area contributed by atoms with Crippen LogP contribution in [0.5, 0.6) is 5.75 Å². The molecule has 1 N–H and O–H groups in total. The van der Waals surface area contributed by atoms with Crippen LogP contribution in [0, 0.1) is 12.8 Å². The number of aliphatic imine (C=N–C) groups is 1. The summed E-state index contributed by atoms with van der Waals surface area (Å²) < 4.78 is 0. The van der Waals surface area contributed by atoms with Gasteiger partial charge in [-0.1, -0.05) is 78.2 Å². The molecule has 2 aliphatic rings. The van der Waals surface area contributed by atoms with E-state index in [0.29, 0.717) is 11.7 Å². The molecule has 1 aromatic carbocycles. The Morgan fingerprint density at radius 2 is 1.57 bits per heavy atom. The number of phenolic OH excluding ortho intramolecular Hbond substituents is 1. The third-order valence-electron chi connectivity index (χ3n) is 6.47. The highest BCUT2D eigenvalue weighted by molar-refractivity contribution is 5.98. The minimum atomic E-state index is 0.402. The largest absolute Gasteiger partial charge is 0.508 e. The Morgan fingerprint density at radius 3 is 2.00 bits per heavy atom. The van der Waals surface area contributed by atoms with Gasteiger partial charge in [-0.15, -0.1) is 6.58 Å². The maximum absolute atomic E-state index is 9.23. The summed E-state index contributed by atoms with van der Waals surface area (Å²) in [7, 11) is 0. The van der Waals surface area contributed by atoms with Crippen molar-refractivity contribution in [1.29, 1.82) is 0 Å². The van der Waals surface area contributed by atoms with Crippen molar-refractivity contribution in [3.8, 4) is 5.75 Å². The number of hydrogen-bond donors (Lipinski definition) is 1. The summed E-state index contributed by atoms with van der Waals surface area (Å²) in [5.41, 5.74) is 4.67. The molecule has 1 saturated heterocycles. The van der Waals surface area contributed by atoms with Gasteiger partial charge in [0.25, 0.3) is 0 Å². The maximum atomic E-state index is 9.23. The van der Waals surface area contributed by atoms with Crippen molar-refractivity contribution in [2.24, 2.45) is 10.9 Å². The fourth-order valence-electron chi connectivity index (χ4n) is 4.61. The normalized spacial score (nSPS) is 17.3. The average Bonchev–Trinajstić information content (AvgIpc) is 2.87. The van der Waals surface area contributed by atoms with Crippen molar-refractivity contribution >= 4 is 5.84 Å². The molecule has 1 aromatic rings. The summed E-state index contributed by atoms with van der Waals surface area (Å²) in [5.74, 6) is 2.27. The molecule has 0 aliphatic carbocycles. The molecule has 0 saturated carbocycles. The summed E-state index contributed by atoms with van der Waals surface area (Å²) in [5, 5.41) is 9.23. The number of piperazine rings is 1. The zero-order valence-corrected chi connectivity index (χ0v) is 26.0. The van der Waals surface area contributed by atoms with Crippen LogP contribution in [0.4, 0.5) is 0 Å². The molecular weight excluding hydrogens is 454 g/mol. The molecule has 0 amide bonds. The lowest BCUT2D eigenvalue weighted by Crippen LogP contribution is -2.52. The van der Waals surface area contributed by atoms with Crippen LogP contribution in [-0.2, 0) is 6.42 Å². The average molecular weight is 514 g/mol. The van der Waals surface area contributed by atoms with Crippen LogP contribution in [0.1, 0.15) is 99.1 Å². The van der Waals surface area contributed by atoms with Gasteiger partial charge in [-0.3, -0.25) is 9.89 Å². The lowest BCUT2D eigenvalue weighted by molar-refractivity contribution is 0.119. The van der Waals surface area contributed by atoms with Crippen molar-refractivity contribution in [2.75, 3.05) is 32.7 Å². The second kappa shape index (κ2) is 20.0. The van der Waals surface area contributed by atoms with Gasteiger partial charge in [-0.25, -0.2) is 0 Å². The van der Waals surface area contributed by atoms with E-state index in [2.05, 4.69) is 57.1 Å². The Kier molecular flexibility index (Phi) is 18.8. The summed E-state index contributed by atoms with van der Waals surface area (Å²) in [4.78, 5) is 10.0. The van der Waals surface area contributed by atoms with Gasteiger partial charge in [0.15, 0.2) is 0 Å². The highest BCUT2D eigenvalue weighted by Crippen LogP contribution is 2.20. The molecule has 2 aliphatic heterocycles. The standard InChI is InChI=1S/C18H33N3.C9H12O.C4H8.C2H6/c1-5-7-17(8-6-2)20-9-11-21(12-10-20)18-16(4)13-15(3)14-19-18;1-3-8-5-4-7(2)9(10)6-8;1-4(2)3;1-2/h13,15,17H,5-12,14H2,1-4H3;4-6,10H,3H2,1-2H3;1H2,2-3H3;1-2H3. The predicted octanol–water partition coefficient (Wildman–Crippen LogP) is 8.44. The molecule has 4 heteroatoms. The molecule has 3 rings (SSSR count). The quantitative estimate of drug-likeness (QED) is 0.388. The summed E-state index contributed by atoms with van der Waals surface area (Å²) in [6, 6.07) is 6.59. The fraction of sp³-hybridized carbons (Fsp3) is 0.667. The number of dihydropyridines is 1. The molecular formula is C33H59N3O. The van der Waals surface area contributed by atoms with Gasteiger partial charge >= 0.3 is 0 Å². The Labute approximate surface area is 230 Å². The fourth-order valence-corrected chi connectivity index (χ4v) is 4.61. The lowest BCUT2D eigenvalue weighted by atomic mass is 10.0. The van der Waals surface area contributed by atoms with Crippen LogP contribution >= 0.6 is 0 Å². The van der Waals surface area contributed by atoms with Gasteiger partial charge in [0.1, 0.15) is 11.6 Å². The maximum Gasteiger partial charge on any atom is 0.126 e. The van der Waals surface area contributed by atoms with Gasteiger partial charge in [0.2, 0.25) is 0 Å². The van der Waals surface area contributed by atoms with Crippen LogP contribution in [0.25, 0.3) is 0 Å². The van der Waals surface area contributed by atoms with Crippen molar-refractivity contribution < 1.29 is 5.11 Å². The number of amidine groups is 1. The minimum Gasteiger partial charge on any atom is -0.508 e. The van der Waals surface area contributed by atoms with Crippen LogP contribution in [0.15, 0.2) is 47.0 Å². The molecule has 2 heterocycles. The van der Waals surface area contributed by atoms with E-state index in [4.69, 9.17) is 4.99 Å². The summed E-state index contributed by atoms with van der Waals surface area (Å²) >= 11 is 0. The van der Waals surface area contributed by atoms with E-state index < -0.39 is 0 Å². The van der Waals surface area contributed by atoms with Crippen molar-refractivity contribution in [3.05, 3.63) is 53.1 Å². The molecule has 4 nitrogen and oxygen atoms in total. The lowest BCUT2D eigenvalue weighted by Gasteiger charge is -2.41. The van der Waals surface area contributed by atoms with E-state index in [-0.39, 0.29) is 0 Å². The summed E-state index contributed by atoms with van der Waals surface area (Å²) in [6.07, 6.45) is 8.67. The SMILES string of the molecule is C=C(C)C.CC.CCCC(CCC)N1CCN(C2=NCC(C)C=C2C)CC1.CCc1ccc(C)c(O)c1. The molecule has 0 bridgehead atoms. The first-order chi connectivity index (χ1) is 17.6. The molecule has 0 radical (unpaired) electrons. The monoisotopic (exact) mass is 513 g/mol. The Bertz CT molecular complexity index is 809. The molecule has 1 atom stereocenters. The molecule has 212 valence electrons. The molecule has 1 unspecified atom stereocenters. The topological polar surface area (TPSA) is 39.1 Å². The Morgan fingerprint density at radius 1 is 1.03 bits per heavy atom. The van der Waals surface area contributed by atoms with Gasteiger partial charge < -0.3 is 10.0 Å². The zero-order valence-electron chi connectivity index (χ0n) is 26.0. The predicted molar refractivity (Wildman–Crippen MR) is 166 cm³/mol. The molecule has 1 fully saturated rings. The van der Waals surface area contributed by atoms with E-state index >= 15 is 0 Å². The number of aryl methyl sites for hydroxylation is 2. The van der Waals surface area contributed by atoms with Crippen molar-refractivity contribution in [2.45, 2.75) is 107 Å². The molecule has 0 spiro atoms. The summed E-state index contributed by atoms with van der Waals surface area (Å²) in [6.45, 7) is 30.2. The zero-order chi connectivity index (χ0) is 28.4. The first kappa shape index (κ1) is 34.9. The van der Waals surface area contributed by atoms with Gasteiger partial charge in [-0.2, -0.15) is 0 Å². The van der Waals surface area contributed by atoms with Gasteiger partial charge in [0, 0.05) is 38.8 Å². The first-order valence-electron chi connectivity index (χ1n) is 14.8. The molecule has 37 heavy (non-hydrogen) atoms. The number of benzene rings is 1. The number of rotatable bonds is 6. The highest BCUT2D eigenvalue weighted by atomic mass is 16.3. The van der Waals surface area contributed by atoms with Crippen molar-refractivity contribution in [3.63, 3.8) is 0 Å². The third kappa shape index (κ3) is 13.9. The number of hydrogen-bond acceptors (Lipinski definition) is 4. The van der Waals surface area contributed by atoms with Crippen LogP contribution in [0.2, 0.25) is 0 Å². The Hall–Kier alpha value is -2.07. The number of nitrogens with zero attached hydrogens (tertiary/aromatic N) is 3. The molecule has 0 aromatic heterocycles. The third-order valence-corrected chi connectivity index (χ3v) is 6.47. The van der Waals surface area contributed by atoms with E-state index in [1.54, 1.807) is 0 Å². The highest BCUT2D eigenvalue weighted by Gasteiger charge is 2.25.